The molecule has 0 atom stereocenters. The summed E-state index contributed by atoms with van der Waals surface area (Å²) in [5.74, 6) is -1.59. The first-order chi connectivity index (χ1) is 9.61. The summed E-state index contributed by atoms with van der Waals surface area (Å²) in [5, 5.41) is 2.72. The molecule has 2 aromatic rings. The third kappa shape index (κ3) is 3.17. The molecule has 0 saturated carbocycles. The molecule has 20 heavy (non-hydrogen) atoms. The van der Waals surface area contributed by atoms with E-state index >= 15 is 0 Å². The van der Waals surface area contributed by atoms with Crippen LogP contribution in [0.15, 0.2) is 36.7 Å². The smallest absolute Gasteiger partial charge is 0.252 e. The summed E-state index contributed by atoms with van der Waals surface area (Å²) in [4.78, 5) is 15.8. The lowest BCUT2D eigenvalue weighted by Gasteiger charge is -2.06. The van der Waals surface area contributed by atoms with Gasteiger partial charge in [0.2, 0.25) is 0 Å². The summed E-state index contributed by atoms with van der Waals surface area (Å²) in [6.07, 6.45) is 3.67. The van der Waals surface area contributed by atoms with Crippen LogP contribution in [0.4, 0.5) is 8.78 Å². The number of aromatic nitrogens is 1. The molecule has 1 heterocycles. The normalized spacial score (nSPS) is 10.3. The third-order valence-electron chi connectivity index (χ3n) is 2.78. The molecule has 104 valence electrons. The molecule has 0 unspecified atom stereocenters. The topological polar surface area (TPSA) is 42.0 Å². The van der Waals surface area contributed by atoms with E-state index in [4.69, 9.17) is 0 Å². The summed E-state index contributed by atoms with van der Waals surface area (Å²) in [5.41, 5.74) is 0.996. The first-order valence-electron chi connectivity index (χ1n) is 6.30. The van der Waals surface area contributed by atoms with Crippen molar-refractivity contribution in [3.8, 4) is 11.1 Å². The molecule has 1 aromatic carbocycles. The monoisotopic (exact) mass is 276 g/mol. The molecule has 0 fully saturated rings. The van der Waals surface area contributed by atoms with Gasteiger partial charge in [-0.05, 0) is 24.6 Å². The largest absolute Gasteiger partial charge is 0.352 e. The summed E-state index contributed by atoms with van der Waals surface area (Å²) in [6.45, 7) is 2.51. The average Bonchev–Trinajstić information content (AvgIpc) is 2.45. The van der Waals surface area contributed by atoms with Crippen LogP contribution >= 0.6 is 0 Å². The van der Waals surface area contributed by atoms with Crippen molar-refractivity contribution in [2.24, 2.45) is 0 Å². The van der Waals surface area contributed by atoms with Crippen LogP contribution in [0, 0.1) is 11.6 Å². The highest BCUT2D eigenvalue weighted by Crippen LogP contribution is 2.23. The number of rotatable bonds is 4. The number of carbonyl (C=O) groups is 1. The number of halogens is 2. The van der Waals surface area contributed by atoms with Crippen molar-refractivity contribution in [1.82, 2.24) is 10.3 Å². The van der Waals surface area contributed by atoms with Crippen molar-refractivity contribution >= 4 is 5.91 Å². The summed E-state index contributed by atoms with van der Waals surface area (Å²) in [6, 6.07) is 4.84. The Morgan fingerprint density at radius 2 is 2.05 bits per heavy atom. The van der Waals surface area contributed by atoms with E-state index in [1.807, 2.05) is 6.92 Å². The van der Waals surface area contributed by atoms with E-state index in [-0.39, 0.29) is 11.5 Å². The zero-order valence-corrected chi connectivity index (χ0v) is 11.0. The number of nitrogens with one attached hydrogen (secondary N) is 1. The molecule has 0 aliphatic carbocycles. The van der Waals surface area contributed by atoms with Crippen molar-refractivity contribution in [1.29, 1.82) is 0 Å². The molecule has 0 bridgehead atoms. The zero-order chi connectivity index (χ0) is 14.5. The van der Waals surface area contributed by atoms with Gasteiger partial charge in [-0.1, -0.05) is 6.92 Å². The molecule has 0 saturated heterocycles. The molecule has 0 spiro atoms. The van der Waals surface area contributed by atoms with Gasteiger partial charge in [-0.2, -0.15) is 0 Å². The van der Waals surface area contributed by atoms with Gasteiger partial charge in [0.25, 0.3) is 5.91 Å². The second-order valence-corrected chi connectivity index (χ2v) is 4.34. The molecule has 5 heteroatoms. The second kappa shape index (κ2) is 6.23. The van der Waals surface area contributed by atoms with Gasteiger partial charge < -0.3 is 5.32 Å². The Kier molecular flexibility index (Phi) is 4.40. The Morgan fingerprint density at radius 1 is 1.25 bits per heavy atom. The zero-order valence-electron chi connectivity index (χ0n) is 11.0. The van der Waals surface area contributed by atoms with Gasteiger partial charge in [0.15, 0.2) is 0 Å². The fourth-order valence-electron chi connectivity index (χ4n) is 1.78. The van der Waals surface area contributed by atoms with Crippen molar-refractivity contribution in [3.63, 3.8) is 0 Å². The van der Waals surface area contributed by atoms with Crippen LogP contribution in [0.3, 0.4) is 0 Å². The van der Waals surface area contributed by atoms with Crippen LogP contribution in [0.25, 0.3) is 11.1 Å². The van der Waals surface area contributed by atoms with Crippen LogP contribution in [-0.2, 0) is 0 Å². The Hall–Kier alpha value is -2.30. The lowest BCUT2D eigenvalue weighted by molar-refractivity contribution is 0.0953. The Bertz CT molecular complexity index is 629. The Balaban J connectivity index is 2.32. The standard InChI is InChI=1S/C15H14F2N2O/c1-2-5-19-15(20)11-6-10(8-18-9-11)13-4-3-12(16)7-14(13)17/h3-4,6-9H,2,5H2,1H3,(H,19,20). The molecule has 1 aromatic heterocycles. The van der Waals surface area contributed by atoms with Gasteiger partial charge in [0, 0.05) is 36.1 Å². The van der Waals surface area contributed by atoms with Crippen LogP contribution in [0.1, 0.15) is 23.7 Å². The lowest BCUT2D eigenvalue weighted by atomic mass is 10.1. The molecule has 0 aliphatic rings. The van der Waals surface area contributed by atoms with E-state index < -0.39 is 11.6 Å². The van der Waals surface area contributed by atoms with Gasteiger partial charge in [0.05, 0.1) is 5.56 Å². The highest BCUT2D eigenvalue weighted by molar-refractivity contribution is 5.95. The number of nitrogens with zero attached hydrogens (tertiary/aromatic N) is 1. The lowest BCUT2D eigenvalue weighted by Crippen LogP contribution is -2.24. The summed E-state index contributed by atoms with van der Waals surface area (Å²) >= 11 is 0. The predicted molar refractivity (Wildman–Crippen MR) is 72.2 cm³/mol. The molecule has 0 aliphatic heterocycles. The number of carbonyl (C=O) groups excluding carboxylic acids is 1. The maximum atomic E-state index is 13.7. The molecular formula is C15H14F2N2O. The van der Waals surface area contributed by atoms with Crippen molar-refractivity contribution in [2.45, 2.75) is 13.3 Å². The van der Waals surface area contributed by atoms with Crippen LogP contribution < -0.4 is 5.32 Å². The SMILES string of the molecule is CCCNC(=O)c1cncc(-c2ccc(F)cc2F)c1. The molecule has 1 amide bonds. The Morgan fingerprint density at radius 3 is 2.75 bits per heavy atom. The minimum absolute atomic E-state index is 0.212. The maximum absolute atomic E-state index is 13.7. The number of amides is 1. The third-order valence-corrected chi connectivity index (χ3v) is 2.78. The average molecular weight is 276 g/mol. The van der Waals surface area contributed by atoms with E-state index in [2.05, 4.69) is 10.3 Å². The minimum atomic E-state index is -0.682. The van der Waals surface area contributed by atoms with E-state index in [0.29, 0.717) is 17.7 Å². The van der Waals surface area contributed by atoms with Gasteiger partial charge >= 0.3 is 0 Å². The van der Waals surface area contributed by atoms with Crippen LogP contribution in [0.2, 0.25) is 0 Å². The summed E-state index contributed by atoms with van der Waals surface area (Å²) in [7, 11) is 0. The van der Waals surface area contributed by atoms with Gasteiger partial charge in [-0.3, -0.25) is 9.78 Å². The van der Waals surface area contributed by atoms with Crippen LogP contribution in [-0.4, -0.2) is 17.4 Å². The van der Waals surface area contributed by atoms with E-state index in [1.54, 1.807) is 0 Å². The highest BCUT2D eigenvalue weighted by atomic mass is 19.1. The van der Waals surface area contributed by atoms with Crippen molar-refractivity contribution in [3.05, 3.63) is 53.9 Å². The fourth-order valence-corrected chi connectivity index (χ4v) is 1.78. The quantitative estimate of drug-likeness (QED) is 0.932. The molecule has 0 radical (unpaired) electrons. The first kappa shape index (κ1) is 14.1. The van der Waals surface area contributed by atoms with Crippen molar-refractivity contribution in [2.75, 3.05) is 6.54 Å². The number of hydrogen-bond donors (Lipinski definition) is 1. The summed E-state index contributed by atoms with van der Waals surface area (Å²) < 4.78 is 26.6. The number of pyridine rings is 1. The molecule has 2 rings (SSSR count). The van der Waals surface area contributed by atoms with Gasteiger partial charge in [0.1, 0.15) is 11.6 Å². The second-order valence-electron chi connectivity index (χ2n) is 4.34. The number of hydrogen-bond acceptors (Lipinski definition) is 2. The van der Waals surface area contributed by atoms with Crippen molar-refractivity contribution < 1.29 is 13.6 Å². The van der Waals surface area contributed by atoms with E-state index in [1.165, 1.54) is 30.6 Å². The van der Waals surface area contributed by atoms with Crippen LogP contribution in [0.5, 0.6) is 0 Å². The number of benzene rings is 1. The first-order valence-corrected chi connectivity index (χ1v) is 6.30. The molecule has 3 nitrogen and oxygen atoms in total. The van der Waals surface area contributed by atoms with Gasteiger partial charge in [-0.25, -0.2) is 8.78 Å². The highest BCUT2D eigenvalue weighted by Gasteiger charge is 2.10. The maximum Gasteiger partial charge on any atom is 0.252 e. The van der Waals surface area contributed by atoms with E-state index in [0.717, 1.165) is 12.5 Å². The van der Waals surface area contributed by atoms with Gasteiger partial charge in [-0.15, -0.1) is 0 Å². The Labute approximate surface area is 115 Å². The minimum Gasteiger partial charge on any atom is -0.352 e. The predicted octanol–water partition coefficient (Wildman–Crippen LogP) is 3.17. The van der Waals surface area contributed by atoms with E-state index in [9.17, 15) is 13.6 Å². The molecular weight excluding hydrogens is 262 g/mol. The molecule has 1 N–H and O–H groups in total. The fraction of sp³-hybridized carbons (Fsp3) is 0.200.